The number of aryl methyl sites for hydroxylation is 2. The molecule has 0 aromatic heterocycles. The molecule has 0 amide bonds. The largest absolute Gasteiger partial charge is 0.205 e. The van der Waals surface area contributed by atoms with Gasteiger partial charge < -0.3 is 0 Å². The standard InChI is InChI=1S/2C20H22ClF.2H2/c1-13-3-6-15(7-4-13)16-8-10-17(11-9-16)18-12-5-14(2)20(22)19(18)21;1-13-3-6-15(7-4-13)16-8-10-17(11-9-16)18-12-5-14(2)19(21)20(18)22;;/h2*5,8-13,15H,3-4,6-7H2,1-2H3;2*1H. The van der Waals surface area contributed by atoms with Crippen molar-refractivity contribution in [3.63, 3.8) is 0 Å². The molecule has 0 nitrogen and oxygen atoms in total. The highest BCUT2D eigenvalue weighted by Crippen LogP contribution is 2.39. The molecule has 0 radical (unpaired) electrons. The zero-order valence-electron chi connectivity index (χ0n) is 26.4. The van der Waals surface area contributed by atoms with Gasteiger partial charge >= 0.3 is 0 Å². The van der Waals surface area contributed by atoms with Crippen LogP contribution >= 0.6 is 23.2 Å². The van der Waals surface area contributed by atoms with Crippen LogP contribution in [-0.2, 0) is 0 Å². The van der Waals surface area contributed by atoms with E-state index in [1.54, 1.807) is 13.0 Å². The molecule has 6 rings (SSSR count). The van der Waals surface area contributed by atoms with Crippen molar-refractivity contribution in [1.82, 2.24) is 0 Å². The SMILES string of the molecule is Cc1ccc(-c2ccc(C3CCC(C)CC3)cc2)c(Cl)c1F.Cc1ccc(-c2ccc(C3CCC(C)CC3)cc2)c(F)c1Cl.[HH].[HH]. The molecule has 4 heteroatoms. The zero-order chi connectivity index (χ0) is 31.4. The van der Waals surface area contributed by atoms with Crippen molar-refractivity contribution in [3.8, 4) is 22.3 Å². The van der Waals surface area contributed by atoms with Gasteiger partial charge in [-0.05, 0) is 96.6 Å². The van der Waals surface area contributed by atoms with E-state index < -0.39 is 0 Å². The molecule has 4 aromatic rings. The van der Waals surface area contributed by atoms with Crippen LogP contribution in [0, 0.1) is 37.3 Å². The van der Waals surface area contributed by atoms with Crippen LogP contribution in [0.1, 0.15) is 102 Å². The van der Waals surface area contributed by atoms with Gasteiger partial charge in [0.1, 0.15) is 11.6 Å². The van der Waals surface area contributed by atoms with E-state index in [4.69, 9.17) is 23.2 Å². The fourth-order valence-corrected chi connectivity index (χ4v) is 7.28. The maximum atomic E-state index is 14.3. The van der Waals surface area contributed by atoms with Crippen molar-refractivity contribution < 1.29 is 11.6 Å². The first kappa shape index (κ1) is 32.7. The summed E-state index contributed by atoms with van der Waals surface area (Å²) in [5.74, 6) is 2.43. The van der Waals surface area contributed by atoms with Gasteiger partial charge in [0.25, 0.3) is 0 Å². The van der Waals surface area contributed by atoms with Gasteiger partial charge in [-0.1, -0.05) is 136 Å². The number of benzene rings is 4. The third-order valence-corrected chi connectivity index (χ3v) is 10.8. The molecule has 236 valence electrons. The molecule has 0 unspecified atom stereocenters. The van der Waals surface area contributed by atoms with Crippen molar-refractivity contribution in [2.45, 2.75) is 90.9 Å². The topological polar surface area (TPSA) is 0 Å². The van der Waals surface area contributed by atoms with Gasteiger partial charge in [0.05, 0.1) is 10.0 Å². The molecule has 0 bridgehead atoms. The third-order valence-electron chi connectivity index (χ3n) is 9.97. The minimum atomic E-state index is -0.319. The summed E-state index contributed by atoms with van der Waals surface area (Å²) in [7, 11) is 0. The fraction of sp³-hybridized carbons (Fsp3) is 0.400. The zero-order valence-corrected chi connectivity index (χ0v) is 27.9. The lowest BCUT2D eigenvalue weighted by Gasteiger charge is -2.26. The van der Waals surface area contributed by atoms with Gasteiger partial charge in [-0.15, -0.1) is 0 Å². The van der Waals surface area contributed by atoms with E-state index in [0.29, 0.717) is 23.0 Å². The smallest absolute Gasteiger partial charge is 0.149 e. The number of hydrogen-bond donors (Lipinski definition) is 0. The Bertz CT molecular complexity index is 1440. The highest BCUT2D eigenvalue weighted by atomic mass is 35.5. The van der Waals surface area contributed by atoms with E-state index in [-0.39, 0.29) is 24.5 Å². The van der Waals surface area contributed by atoms with E-state index in [2.05, 4.69) is 50.2 Å². The Morgan fingerprint density at radius 1 is 0.500 bits per heavy atom. The maximum absolute atomic E-state index is 14.3. The second kappa shape index (κ2) is 14.6. The molecule has 44 heavy (non-hydrogen) atoms. The average Bonchev–Trinajstić information content (AvgIpc) is 3.04. The minimum absolute atomic E-state index is 0. The summed E-state index contributed by atoms with van der Waals surface area (Å²) in [6.07, 6.45) is 10.4. The van der Waals surface area contributed by atoms with Crippen LogP contribution in [-0.4, -0.2) is 0 Å². The van der Waals surface area contributed by atoms with Crippen molar-refractivity contribution in [3.05, 3.63) is 117 Å². The summed E-state index contributed by atoms with van der Waals surface area (Å²) in [5, 5.41) is 0.446. The van der Waals surface area contributed by atoms with Crippen LogP contribution in [0.25, 0.3) is 22.3 Å². The van der Waals surface area contributed by atoms with Gasteiger partial charge in [-0.2, -0.15) is 0 Å². The van der Waals surface area contributed by atoms with E-state index in [1.807, 2.05) is 37.3 Å². The van der Waals surface area contributed by atoms with Gasteiger partial charge in [0.2, 0.25) is 0 Å². The summed E-state index contributed by atoms with van der Waals surface area (Å²) in [6.45, 7) is 8.23. The number of rotatable bonds is 4. The highest BCUT2D eigenvalue weighted by molar-refractivity contribution is 6.33. The van der Waals surface area contributed by atoms with Gasteiger partial charge in [0, 0.05) is 14.0 Å². The molecular formula is C40H48Cl2F2. The quantitative estimate of drug-likeness (QED) is 0.209. The lowest BCUT2D eigenvalue weighted by molar-refractivity contribution is 0.348. The Balaban J connectivity index is 0.000000240. The molecule has 2 aliphatic rings. The molecule has 0 atom stereocenters. The molecule has 4 aromatic carbocycles. The summed E-state index contributed by atoms with van der Waals surface area (Å²) < 4.78 is 28.3. The van der Waals surface area contributed by atoms with Crippen LogP contribution < -0.4 is 0 Å². The molecule has 2 fully saturated rings. The van der Waals surface area contributed by atoms with Crippen LogP contribution in [0.2, 0.25) is 10.0 Å². The fourth-order valence-electron chi connectivity index (χ4n) is 6.79. The highest BCUT2D eigenvalue weighted by Gasteiger charge is 2.21. The molecular weight excluding hydrogens is 589 g/mol. The van der Waals surface area contributed by atoms with E-state index in [0.717, 1.165) is 34.1 Å². The second-order valence-electron chi connectivity index (χ2n) is 13.3. The molecule has 0 spiro atoms. The van der Waals surface area contributed by atoms with E-state index in [1.165, 1.54) is 62.5 Å². The predicted molar refractivity (Wildman–Crippen MR) is 188 cm³/mol. The van der Waals surface area contributed by atoms with Crippen LogP contribution in [0.3, 0.4) is 0 Å². The predicted octanol–water partition coefficient (Wildman–Crippen LogP) is 14.0. The Kier molecular flexibility index (Phi) is 10.9. The molecule has 0 N–H and O–H groups in total. The number of halogens is 4. The maximum Gasteiger partial charge on any atom is 0.149 e. The minimum Gasteiger partial charge on any atom is -0.205 e. The van der Waals surface area contributed by atoms with Gasteiger partial charge in [-0.25, -0.2) is 8.78 Å². The lowest BCUT2D eigenvalue weighted by Crippen LogP contribution is -2.10. The van der Waals surface area contributed by atoms with Crippen molar-refractivity contribution in [2.24, 2.45) is 11.8 Å². The van der Waals surface area contributed by atoms with E-state index >= 15 is 0 Å². The lowest BCUT2D eigenvalue weighted by atomic mass is 9.79. The monoisotopic (exact) mass is 636 g/mol. The first-order chi connectivity index (χ1) is 21.1. The van der Waals surface area contributed by atoms with Crippen molar-refractivity contribution in [1.29, 1.82) is 0 Å². The molecule has 0 saturated heterocycles. The Morgan fingerprint density at radius 3 is 1.39 bits per heavy atom. The molecule has 2 aliphatic carbocycles. The Hall–Kier alpha value is -2.68. The van der Waals surface area contributed by atoms with Crippen molar-refractivity contribution in [2.75, 3.05) is 0 Å². The van der Waals surface area contributed by atoms with Crippen LogP contribution in [0.5, 0.6) is 0 Å². The normalized spacial score (nSPS) is 21.8. The third kappa shape index (κ3) is 7.57. The van der Waals surface area contributed by atoms with Crippen LogP contribution in [0.4, 0.5) is 8.78 Å². The Labute approximate surface area is 275 Å². The molecule has 0 heterocycles. The van der Waals surface area contributed by atoms with Gasteiger partial charge in [-0.3, -0.25) is 0 Å². The summed E-state index contributed by atoms with van der Waals surface area (Å²) in [5.41, 5.74) is 7.38. The van der Waals surface area contributed by atoms with E-state index in [9.17, 15) is 8.78 Å². The summed E-state index contributed by atoms with van der Waals surface area (Å²) in [4.78, 5) is 0. The number of hydrogen-bond acceptors (Lipinski definition) is 0. The first-order valence-electron chi connectivity index (χ1n) is 16.2. The summed E-state index contributed by atoms with van der Waals surface area (Å²) >= 11 is 12.2. The Morgan fingerprint density at radius 2 is 0.909 bits per heavy atom. The van der Waals surface area contributed by atoms with Crippen molar-refractivity contribution >= 4 is 23.2 Å². The second-order valence-corrected chi connectivity index (χ2v) is 14.0. The average molecular weight is 638 g/mol. The first-order valence-corrected chi connectivity index (χ1v) is 17.0. The molecule has 0 aliphatic heterocycles. The van der Waals surface area contributed by atoms with Gasteiger partial charge in [0.15, 0.2) is 0 Å². The summed E-state index contributed by atoms with van der Waals surface area (Å²) in [6, 6.07) is 24.2. The van der Waals surface area contributed by atoms with Crippen LogP contribution in [0.15, 0.2) is 72.8 Å². The molecule has 2 saturated carbocycles.